The van der Waals surface area contributed by atoms with E-state index in [9.17, 15) is 0 Å². The molecule has 0 spiro atoms. The molecule has 0 radical (unpaired) electrons. The zero-order valence-electron chi connectivity index (χ0n) is 11.1. The van der Waals surface area contributed by atoms with Crippen LogP contribution in [0.4, 0.5) is 0 Å². The van der Waals surface area contributed by atoms with Crippen molar-refractivity contribution in [1.82, 2.24) is 10.3 Å². The maximum Gasteiger partial charge on any atom is 0.219 e. The number of aromatic nitrogens is 1. The van der Waals surface area contributed by atoms with Crippen molar-refractivity contribution in [3.63, 3.8) is 0 Å². The fourth-order valence-corrected chi connectivity index (χ4v) is 1.83. The van der Waals surface area contributed by atoms with Crippen LogP contribution in [0.15, 0.2) is 47.1 Å². The summed E-state index contributed by atoms with van der Waals surface area (Å²) in [5.74, 6) is 1.40. The van der Waals surface area contributed by atoms with Crippen LogP contribution in [0.1, 0.15) is 19.4 Å². The molecule has 19 heavy (non-hydrogen) atoms. The van der Waals surface area contributed by atoms with Gasteiger partial charge in [0.05, 0.1) is 0 Å². The molecular formula is C15H17BrN2O. The van der Waals surface area contributed by atoms with Crippen LogP contribution in [-0.2, 0) is 6.54 Å². The summed E-state index contributed by atoms with van der Waals surface area (Å²) in [5.41, 5.74) is 1.16. The minimum atomic E-state index is 0.462. The van der Waals surface area contributed by atoms with E-state index in [0.29, 0.717) is 11.9 Å². The standard InChI is InChI=1S/C15H17BrN2O/c1-11(2)18-10-12-7-8-17-15(9-12)19-14-5-3-13(16)4-6-14/h3-9,11,18H,10H2,1-2H3. The number of rotatable bonds is 5. The monoisotopic (exact) mass is 320 g/mol. The van der Waals surface area contributed by atoms with Gasteiger partial charge in [0.15, 0.2) is 0 Å². The van der Waals surface area contributed by atoms with E-state index in [-0.39, 0.29) is 0 Å². The fourth-order valence-electron chi connectivity index (χ4n) is 1.56. The second-order valence-electron chi connectivity index (χ2n) is 4.59. The van der Waals surface area contributed by atoms with Crippen LogP contribution in [0.5, 0.6) is 11.6 Å². The van der Waals surface area contributed by atoms with Crippen molar-refractivity contribution in [3.05, 3.63) is 52.6 Å². The Kier molecular flexibility index (Phi) is 4.93. The fraction of sp³-hybridized carbons (Fsp3) is 0.267. The largest absolute Gasteiger partial charge is 0.439 e. The van der Waals surface area contributed by atoms with Crippen molar-refractivity contribution in [2.24, 2.45) is 0 Å². The first-order valence-electron chi connectivity index (χ1n) is 6.25. The Morgan fingerprint density at radius 3 is 2.63 bits per heavy atom. The molecule has 1 aromatic carbocycles. The topological polar surface area (TPSA) is 34.2 Å². The van der Waals surface area contributed by atoms with Gasteiger partial charge in [-0.05, 0) is 35.9 Å². The molecule has 2 rings (SSSR count). The van der Waals surface area contributed by atoms with E-state index in [2.05, 4.69) is 40.1 Å². The second kappa shape index (κ2) is 6.68. The molecule has 3 nitrogen and oxygen atoms in total. The van der Waals surface area contributed by atoms with Gasteiger partial charge in [-0.1, -0.05) is 29.8 Å². The first-order valence-corrected chi connectivity index (χ1v) is 7.04. The number of hydrogen-bond acceptors (Lipinski definition) is 3. The van der Waals surface area contributed by atoms with E-state index >= 15 is 0 Å². The third kappa shape index (κ3) is 4.65. The van der Waals surface area contributed by atoms with Crippen molar-refractivity contribution < 1.29 is 4.74 Å². The van der Waals surface area contributed by atoms with Gasteiger partial charge in [-0.15, -0.1) is 0 Å². The second-order valence-corrected chi connectivity index (χ2v) is 5.51. The number of halogens is 1. The van der Waals surface area contributed by atoms with E-state index in [0.717, 1.165) is 22.3 Å². The Morgan fingerprint density at radius 1 is 1.21 bits per heavy atom. The molecule has 2 aromatic rings. The summed E-state index contributed by atoms with van der Waals surface area (Å²) >= 11 is 3.40. The smallest absolute Gasteiger partial charge is 0.219 e. The number of nitrogens with one attached hydrogen (secondary N) is 1. The van der Waals surface area contributed by atoms with Gasteiger partial charge in [-0.3, -0.25) is 0 Å². The molecule has 4 heteroatoms. The maximum absolute atomic E-state index is 5.72. The van der Waals surface area contributed by atoms with Gasteiger partial charge in [0, 0.05) is 29.3 Å². The molecule has 0 aliphatic carbocycles. The summed E-state index contributed by atoms with van der Waals surface area (Å²) < 4.78 is 6.75. The summed E-state index contributed by atoms with van der Waals surface area (Å²) in [6, 6.07) is 12.1. The van der Waals surface area contributed by atoms with Gasteiger partial charge in [0.25, 0.3) is 0 Å². The van der Waals surface area contributed by atoms with Gasteiger partial charge < -0.3 is 10.1 Å². The molecule has 0 fully saturated rings. The lowest BCUT2D eigenvalue weighted by molar-refractivity contribution is 0.461. The highest BCUT2D eigenvalue weighted by Gasteiger charge is 2.01. The Morgan fingerprint density at radius 2 is 1.95 bits per heavy atom. The molecule has 0 amide bonds. The third-order valence-corrected chi connectivity index (χ3v) is 3.08. The van der Waals surface area contributed by atoms with Crippen LogP contribution in [-0.4, -0.2) is 11.0 Å². The lowest BCUT2D eigenvalue weighted by atomic mass is 10.2. The maximum atomic E-state index is 5.72. The average molecular weight is 321 g/mol. The number of hydrogen-bond donors (Lipinski definition) is 1. The minimum Gasteiger partial charge on any atom is -0.439 e. The van der Waals surface area contributed by atoms with Crippen molar-refractivity contribution in [2.45, 2.75) is 26.4 Å². The Bertz CT molecular complexity index is 526. The molecule has 0 aliphatic heterocycles. The number of benzene rings is 1. The van der Waals surface area contributed by atoms with Crippen LogP contribution >= 0.6 is 15.9 Å². The summed E-state index contributed by atoms with van der Waals surface area (Å²) in [4.78, 5) is 4.22. The highest BCUT2D eigenvalue weighted by molar-refractivity contribution is 9.10. The Balaban J connectivity index is 2.04. The molecule has 0 saturated carbocycles. The zero-order chi connectivity index (χ0) is 13.7. The Hall–Kier alpha value is -1.39. The Labute approximate surface area is 122 Å². The predicted octanol–water partition coefficient (Wildman–Crippen LogP) is 4.13. The first-order chi connectivity index (χ1) is 9.13. The molecule has 0 atom stereocenters. The molecule has 0 aliphatic rings. The van der Waals surface area contributed by atoms with Crippen LogP contribution in [0.25, 0.3) is 0 Å². The first kappa shape index (κ1) is 14.0. The molecule has 0 bridgehead atoms. The van der Waals surface area contributed by atoms with Crippen molar-refractivity contribution in [1.29, 1.82) is 0 Å². The molecular weight excluding hydrogens is 304 g/mol. The van der Waals surface area contributed by atoms with Gasteiger partial charge in [0.1, 0.15) is 5.75 Å². The zero-order valence-corrected chi connectivity index (χ0v) is 12.6. The van der Waals surface area contributed by atoms with Crippen molar-refractivity contribution in [3.8, 4) is 11.6 Å². The van der Waals surface area contributed by atoms with Crippen LogP contribution in [0.3, 0.4) is 0 Å². The predicted molar refractivity (Wildman–Crippen MR) is 80.4 cm³/mol. The minimum absolute atomic E-state index is 0.462. The molecule has 0 saturated heterocycles. The normalized spacial score (nSPS) is 10.7. The highest BCUT2D eigenvalue weighted by atomic mass is 79.9. The molecule has 0 unspecified atom stereocenters. The van der Waals surface area contributed by atoms with E-state index in [1.807, 2.05) is 36.4 Å². The number of pyridine rings is 1. The van der Waals surface area contributed by atoms with Crippen LogP contribution < -0.4 is 10.1 Å². The van der Waals surface area contributed by atoms with Gasteiger partial charge in [-0.25, -0.2) is 4.98 Å². The molecule has 100 valence electrons. The summed E-state index contributed by atoms with van der Waals surface area (Å²) in [6.07, 6.45) is 1.77. The van der Waals surface area contributed by atoms with E-state index in [1.165, 1.54) is 0 Å². The van der Waals surface area contributed by atoms with Gasteiger partial charge >= 0.3 is 0 Å². The molecule has 1 heterocycles. The van der Waals surface area contributed by atoms with E-state index in [1.54, 1.807) is 6.20 Å². The molecule has 1 N–H and O–H groups in total. The number of nitrogens with zero attached hydrogens (tertiary/aromatic N) is 1. The van der Waals surface area contributed by atoms with E-state index < -0.39 is 0 Å². The lowest BCUT2D eigenvalue weighted by Crippen LogP contribution is -2.21. The average Bonchev–Trinajstić information content (AvgIpc) is 2.40. The molecule has 1 aromatic heterocycles. The SMILES string of the molecule is CC(C)NCc1ccnc(Oc2ccc(Br)cc2)c1. The van der Waals surface area contributed by atoms with Gasteiger partial charge in [0.2, 0.25) is 5.88 Å². The lowest BCUT2D eigenvalue weighted by Gasteiger charge is -2.09. The van der Waals surface area contributed by atoms with Crippen molar-refractivity contribution >= 4 is 15.9 Å². The number of ether oxygens (including phenoxy) is 1. The van der Waals surface area contributed by atoms with Gasteiger partial charge in [-0.2, -0.15) is 0 Å². The highest BCUT2D eigenvalue weighted by Crippen LogP contribution is 2.22. The summed E-state index contributed by atoms with van der Waals surface area (Å²) in [7, 11) is 0. The third-order valence-electron chi connectivity index (χ3n) is 2.55. The summed E-state index contributed by atoms with van der Waals surface area (Å²) in [6.45, 7) is 5.07. The van der Waals surface area contributed by atoms with Crippen LogP contribution in [0, 0.1) is 0 Å². The van der Waals surface area contributed by atoms with E-state index in [4.69, 9.17) is 4.74 Å². The quantitative estimate of drug-likeness (QED) is 0.899. The van der Waals surface area contributed by atoms with Crippen molar-refractivity contribution in [2.75, 3.05) is 0 Å². The van der Waals surface area contributed by atoms with Crippen LogP contribution in [0.2, 0.25) is 0 Å². The summed E-state index contributed by atoms with van der Waals surface area (Å²) in [5, 5.41) is 3.37.